The highest BCUT2D eigenvalue weighted by molar-refractivity contribution is 5.51. The molecule has 3 heteroatoms. The molecule has 7 unspecified atom stereocenters. The van der Waals surface area contributed by atoms with Crippen LogP contribution in [0.5, 0.6) is 11.5 Å². The van der Waals surface area contributed by atoms with Gasteiger partial charge < -0.3 is 9.84 Å². The van der Waals surface area contributed by atoms with Crippen LogP contribution >= 0.6 is 0 Å². The molecule has 5 aliphatic rings. The Balaban J connectivity index is 1.56. The fraction of sp³-hybridized carbons (Fsp3) is 0.684. The molecule has 7 atom stereocenters. The molecular weight excluding hydrogens is 274 g/mol. The summed E-state index contributed by atoms with van der Waals surface area (Å²) in [5.41, 5.74) is 1.25. The van der Waals surface area contributed by atoms with Crippen molar-refractivity contribution in [3.63, 3.8) is 0 Å². The number of hydrogen-bond donors (Lipinski definition) is 1. The van der Waals surface area contributed by atoms with E-state index in [2.05, 4.69) is 17.9 Å². The highest BCUT2D eigenvalue weighted by atomic mass is 16.5. The molecule has 0 amide bonds. The van der Waals surface area contributed by atoms with Crippen LogP contribution in [0.15, 0.2) is 18.2 Å². The first-order valence-electron chi connectivity index (χ1n) is 8.98. The van der Waals surface area contributed by atoms with Crippen molar-refractivity contribution in [1.29, 1.82) is 0 Å². The lowest BCUT2D eigenvalue weighted by Crippen LogP contribution is -2.59. The number of ether oxygens (including phenoxy) is 1. The normalized spacial score (nSPS) is 44.9. The Kier molecular flexibility index (Phi) is 2.79. The van der Waals surface area contributed by atoms with E-state index in [1.54, 1.807) is 6.07 Å². The summed E-state index contributed by atoms with van der Waals surface area (Å²) in [5, 5.41) is 10.2. The molecule has 6 rings (SSSR count). The standard InChI is InChI=1S/C19H25NO2/c1-2-12-8-11-9-15-17(12)20(10-11)7-6-14-13-4-3-5-16(21)19(13)22-18(14)15/h3-5,11-12,14-15,17-18,21H,2,6-10H2,1H3. The second-order valence-electron chi connectivity index (χ2n) is 7.83. The molecule has 1 aromatic rings. The highest BCUT2D eigenvalue weighted by Gasteiger charge is 2.54. The van der Waals surface area contributed by atoms with Gasteiger partial charge in [0.2, 0.25) is 0 Å². The quantitative estimate of drug-likeness (QED) is 0.863. The molecule has 0 aromatic heterocycles. The third kappa shape index (κ3) is 1.66. The number of phenols is 1. The lowest BCUT2D eigenvalue weighted by molar-refractivity contribution is -0.0642. The zero-order valence-corrected chi connectivity index (χ0v) is 13.2. The Morgan fingerprint density at radius 1 is 1.32 bits per heavy atom. The zero-order valence-electron chi connectivity index (χ0n) is 13.2. The number of aromatic hydroxyl groups is 1. The van der Waals surface area contributed by atoms with Gasteiger partial charge in [0.25, 0.3) is 0 Å². The van der Waals surface area contributed by atoms with Crippen LogP contribution in [0.4, 0.5) is 0 Å². The van der Waals surface area contributed by atoms with Crippen LogP contribution in [-0.2, 0) is 0 Å². The second kappa shape index (κ2) is 4.64. The SMILES string of the molecule is CCC1CC2CC3C4Oc5c(O)cccc5C4CCN(C2)C13. The van der Waals surface area contributed by atoms with Gasteiger partial charge in [-0.15, -0.1) is 0 Å². The van der Waals surface area contributed by atoms with Gasteiger partial charge in [0.15, 0.2) is 11.5 Å². The van der Waals surface area contributed by atoms with E-state index in [1.807, 2.05) is 6.07 Å². The van der Waals surface area contributed by atoms with Crippen LogP contribution in [0.1, 0.15) is 44.1 Å². The van der Waals surface area contributed by atoms with Crippen molar-refractivity contribution < 1.29 is 9.84 Å². The third-order valence-corrected chi connectivity index (χ3v) is 6.83. The molecular formula is C19H25NO2. The monoisotopic (exact) mass is 299 g/mol. The van der Waals surface area contributed by atoms with Crippen LogP contribution in [0.25, 0.3) is 0 Å². The average molecular weight is 299 g/mol. The van der Waals surface area contributed by atoms with E-state index in [1.165, 1.54) is 44.3 Å². The molecule has 118 valence electrons. The Morgan fingerprint density at radius 2 is 2.23 bits per heavy atom. The van der Waals surface area contributed by atoms with Crippen molar-refractivity contribution in [1.82, 2.24) is 4.90 Å². The van der Waals surface area contributed by atoms with Gasteiger partial charge in [-0.2, -0.15) is 0 Å². The van der Waals surface area contributed by atoms with Crippen LogP contribution < -0.4 is 4.74 Å². The summed E-state index contributed by atoms with van der Waals surface area (Å²) in [6, 6.07) is 6.61. The molecule has 4 aliphatic heterocycles. The molecule has 3 saturated heterocycles. The maximum Gasteiger partial charge on any atom is 0.164 e. The molecule has 0 radical (unpaired) electrons. The van der Waals surface area contributed by atoms with Gasteiger partial charge >= 0.3 is 0 Å². The number of nitrogens with zero attached hydrogens (tertiary/aromatic N) is 1. The zero-order chi connectivity index (χ0) is 14.8. The molecule has 4 bridgehead atoms. The first-order valence-corrected chi connectivity index (χ1v) is 8.98. The molecule has 1 aliphatic carbocycles. The largest absolute Gasteiger partial charge is 0.504 e. The number of fused-ring (bicyclic) bond motifs is 4. The van der Waals surface area contributed by atoms with E-state index in [4.69, 9.17) is 4.74 Å². The fourth-order valence-corrected chi connectivity index (χ4v) is 6.05. The predicted octanol–water partition coefficient (Wildman–Crippen LogP) is 3.38. The van der Waals surface area contributed by atoms with Crippen molar-refractivity contribution in [3.05, 3.63) is 23.8 Å². The van der Waals surface area contributed by atoms with E-state index in [0.717, 1.165) is 17.6 Å². The Bertz CT molecular complexity index is 601. The molecule has 22 heavy (non-hydrogen) atoms. The summed E-state index contributed by atoms with van der Waals surface area (Å²) >= 11 is 0. The Morgan fingerprint density at radius 3 is 3.09 bits per heavy atom. The first-order chi connectivity index (χ1) is 10.8. The maximum absolute atomic E-state index is 10.2. The van der Waals surface area contributed by atoms with E-state index < -0.39 is 0 Å². The average Bonchev–Trinajstić information content (AvgIpc) is 2.87. The van der Waals surface area contributed by atoms with Crippen LogP contribution in [0.3, 0.4) is 0 Å². The molecule has 0 spiro atoms. The van der Waals surface area contributed by atoms with E-state index in [9.17, 15) is 5.11 Å². The highest BCUT2D eigenvalue weighted by Crippen LogP contribution is 2.55. The summed E-state index contributed by atoms with van der Waals surface area (Å²) in [6.07, 6.45) is 5.51. The van der Waals surface area contributed by atoms with Gasteiger partial charge in [0.1, 0.15) is 6.10 Å². The van der Waals surface area contributed by atoms with Gasteiger partial charge in [-0.1, -0.05) is 25.5 Å². The molecule has 1 saturated carbocycles. The number of para-hydroxylation sites is 1. The van der Waals surface area contributed by atoms with Crippen molar-refractivity contribution in [2.45, 2.75) is 50.7 Å². The number of piperidine rings is 2. The third-order valence-electron chi connectivity index (χ3n) is 6.83. The van der Waals surface area contributed by atoms with Gasteiger partial charge in [-0.05, 0) is 43.7 Å². The number of hydrogen-bond acceptors (Lipinski definition) is 3. The van der Waals surface area contributed by atoms with E-state index >= 15 is 0 Å². The van der Waals surface area contributed by atoms with Crippen molar-refractivity contribution in [2.75, 3.05) is 13.1 Å². The number of phenolic OH excluding ortho intramolecular Hbond substituents is 1. The molecule has 1 N–H and O–H groups in total. The Hall–Kier alpha value is -1.22. The van der Waals surface area contributed by atoms with Crippen LogP contribution in [-0.4, -0.2) is 35.2 Å². The maximum atomic E-state index is 10.2. The summed E-state index contributed by atoms with van der Waals surface area (Å²) in [4.78, 5) is 2.78. The van der Waals surface area contributed by atoms with E-state index in [0.29, 0.717) is 23.6 Å². The minimum absolute atomic E-state index is 0.287. The van der Waals surface area contributed by atoms with E-state index in [-0.39, 0.29) is 6.10 Å². The lowest BCUT2D eigenvalue weighted by Gasteiger charge is -2.54. The molecule has 3 nitrogen and oxygen atoms in total. The van der Waals surface area contributed by atoms with Crippen molar-refractivity contribution >= 4 is 0 Å². The van der Waals surface area contributed by atoms with Gasteiger partial charge in [0, 0.05) is 30.0 Å². The minimum Gasteiger partial charge on any atom is -0.504 e. The fourth-order valence-electron chi connectivity index (χ4n) is 6.05. The summed E-state index contributed by atoms with van der Waals surface area (Å²) < 4.78 is 6.38. The van der Waals surface area contributed by atoms with Crippen molar-refractivity contribution in [2.24, 2.45) is 17.8 Å². The second-order valence-corrected chi connectivity index (χ2v) is 7.83. The van der Waals surface area contributed by atoms with Gasteiger partial charge in [0.05, 0.1) is 0 Å². The summed E-state index contributed by atoms with van der Waals surface area (Å²) in [5.74, 6) is 3.94. The molecule has 1 aromatic carbocycles. The van der Waals surface area contributed by atoms with Gasteiger partial charge in [-0.25, -0.2) is 0 Å². The predicted molar refractivity (Wildman–Crippen MR) is 85.2 cm³/mol. The minimum atomic E-state index is 0.287. The molecule has 4 fully saturated rings. The number of benzene rings is 1. The molecule has 4 heterocycles. The van der Waals surface area contributed by atoms with Crippen LogP contribution in [0, 0.1) is 17.8 Å². The smallest absolute Gasteiger partial charge is 0.164 e. The summed E-state index contributed by atoms with van der Waals surface area (Å²) in [7, 11) is 0. The lowest BCUT2D eigenvalue weighted by atomic mass is 9.64. The van der Waals surface area contributed by atoms with Crippen molar-refractivity contribution in [3.8, 4) is 11.5 Å². The van der Waals surface area contributed by atoms with Crippen LogP contribution in [0.2, 0.25) is 0 Å². The van der Waals surface area contributed by atoms with Gasteiger partial charge in [-0.3, -0.25) is 4.90 Å². The summed E-state index contributed by atoms with van der Waals surface area (Å²) in [6.45, 7) is 4.86. The Labute approximate surface area is 132 Å². The first kappa shape index (κ1) is 13.2. The topological polar surface area (TPSA) is 32.7 Å². The number of rotatable bonds is 1.